The van der Waals surface area contributed by atoms with Crippen LogP contribution in [0.25, 0.3) is 0 Å². The Balaban J connectivity index is 2.19. The van der Waals surface area contributed by atoms with Crippen molar-refractivity contribution < 1.29 is 9.90 Å². The van der Waals surface area contributed by atoms with Crippen molar-refractivity contribution in [1.29, 1.82) is 0 Å². The number of rotatable bonds is 3. The molecule has 2 unspecified atom stereocenters. The third-order valence-corrected chi connectivity index (χ3v) is 2.33. The maximum atomic E-state index is 10.8. The van der Waals surface area contributed by atoms with E-state index in [0.29, 0.717) is 17.8 Å². The van der Waals surface area contributed by atoms with Gasteiger partial charge in [-0.1, -0.05) is 6.92 Å². The first-order valence-corrected chi connectivity index (χ1v) is 4.49. The van der Waals surface area contributed by atoms with Gasteiger partial charge in [0.15, 0.2) is 11.5 Å². The summed E-state index contributed by atoms with van der Waals surface area (Å²) >= 11 is 0. The summed E-state index contributed by atoms with van der Waals surface area (Å²) in [5, 5.41) is 11.9. The fourth-order valence-electron chi connectivity index (χ4n) is 1.30. The normalized spacial score (nSPS) is 24.4. The predicted octanol–water partition coefficient (Wildman–Crippen LogP) is 0.995. The summed E-state index contributed by atoms with van der Waals surface area (Å²) < 4.78 is 0. The zero-order valence-corrected chi connectivity index (χ0v) is 7.77. The Morgan fingerprint density at radius 3 is 2.79 bits per heavy atom. The second-order valence-electron chi connectivity index (χ2n) is 3.52. The van der Waals surface area contributed by atoms with Crippen molar-refractivity contribution in [2.75, 3.05) is 5.32 Å². The van der Waals surface area contributed by atoms with Crippen LogP contribution in [-0.2, 0) is 0 Å². The van der Waals surface area contributed by atoms with E-state index in [1.807, 2.05) is 0 Å². The van der Waals surface area contributed by atoms with E-state index in [2.05, 4.69) is 22.2 Å². The summed E-state index contributed by atoms with van der Waals surface area (Å²) in [4.78, 5) is 18.5. The summed E-state index contributed by atoms with van der Waals surface area (Å²) in [5.41, 5.74) is -0.00778. The quantitative estimate of drug-likeness (QED) is 0.748. The number of aromatic nitrogens is 2. The zero-order chi connectivity index (χ0) is 10.1. The molecule has 1 saturated carbocycles. The minimum absolute atomic E-state index is 0.00778. The molecule has 0 aromatic carbocycles. The van der Waals surface area contributed by atoms with Crippen LogP contribution < -0.4 is 5.32 Å². The van der Waals surface area contributed by atoms with Crippen molar-refractivity contribution in [2.45, 2.75) is 19.4 Å². The number of anilines is 1. The predicted molar refractivity (Wildman–Crippen MR) is 50.2 cm³/mol. The van der Waals surface area contributed by atoms with Gasteiger partial charge < -0.3 is 10.4 Å². The van der Waals surface area contributed by atoms with Gasteiger partial charge in [0, 0.05) is 18.4 Å². The van der Waals surface area contributed by atoms with Gasteiger partial charge in [-0.2, -0.15) is 0 Å². The summed E-state index contributed by atoms with van der Waals surface area (Å²) in [6, 6.07) is 0.352. The third-order valence-electron chi connectivity index (χ3n) is 2.33. The molecule has 1 fully saturated rings. The highest BCUT2D eigenvalue weighted by molar-refractivity contribution is 5.90. The molecular weight excluding hydrogens is 182 g/mol. The van der Waals surface area contributed by atoms with Crippen LogP contribution in [0, 0.1) is 5.92 Å². The first kappa shape index (κ1) is 8.93. The molecule has 0 amide bonds. The van der Waals surface area contributed by atoms with E-state index in [1.54, 1.807) is 0 Å². The van der Waals surface area contributed by atoms with Gasteiger partial charge in [0.25, 0.3) is 0 Å². The first-order valence-electron chi connectivity index (χ1n) is 4.49. The molecular formula is C9H11N3O2. The molecule has 2 N–H and O–H groups in total. The molecule has 5 nitrogen and oxygen atoms in total. The lowest BCUT2D eigenvalue weighted by Gasteiger charge is -2.05. The summed E-state index contributed by atoms with van der Waals surface area (Å²) in [6.45, 7) is 2.11. The van der Waals surface area contributed by atoms with Crippen LogP contribution in [0.3, 0.4) is 0 Å². The summed E-state index contributed by atoms with van der Waals surface area (Å²) in [7, 11) is 0. The number of hydrogen-bond donors (Lipinski definition) is 2. The van der Waals surface area contributed by atoms with E-state index >= 15 is 0 Å². The SMILES string of the molecule is CC1CC1Nc1nccnc1C(=O)O. The van der Waals surface area contributed by atoms with Gasteiger partial charge in [-0.15, -0.1) is 0 Å². The lowest BCUT2D eigenvalue weighted by molar-refractivity contribution is 0.0691. The van der Waals surface area contributed by atoms with Crippen LogP contribution in [0.4, 0.5) is 5.82 Å². The van der Waals surface area contributed by atoms with Crippen molar-refractivity contribution in [3.63, 3.8) is 0 Å². The van der Waals surface area contributed by atoms with Crippen molar-refractivity contribution in [1.82, 2.24) is 9.97 Å². The highest BCUT2D eigenvalue weighted by atomic mass is 16.4. The van der Waals surface area contributed by atoms with Gasteiger partial charge in [0.1, 0.15) is 0 Å². The number of carboxylic acid groups (broad SMARTS) is 1. The maximum Gasteiger partial charge on any atom is 0.358 e. The van der Waals surface area contributed by atoms with Crippen LogP contribution in [0.5, 0.6) is 0 Å². The molecule has 1 heterocycles. The molecule has 1 aromatic rings. The zero-order valence-electron chi connectivity index (χ0n) is 7.77. The van der Waals surface area contributed by atoms with E-state index in [9.17, 15) is 4.79 Å². The number of nitrogens with zero attached hydrogens (tertiary/aromatic N) is 2. The van der Waals surface area contributed by atoms with Crippen LogP contribution in [-0.4, -0.2) is 27.1 Å². The van der Waals surface area contributed by atoms with E-state index in [0.717, 1.165) is 6.42 Å². The Kier molecular flexibility index (Phi) is 2.07. The Bertz CT molecular complexity index is 367. The molecule has 1 aliphatic carbocycles. The summed E-state index contributed by atoms with van der Waals surface area (Å²) in [6.07, 6.45) is 3.93. The second-order valence-corrected chi connectivity index (χ2v) is 3.52. The molecule has 5 heteroatoms. The van der Waals surface area contributed by atoms with Crippen molar-refractivity contribution in [2.24, 2.45) is 5.92 Å². The molecule has 0 saturated heterocycles. The Hall–Kier alpha value is -1.65. The fraction of sp³-hybridized carbons (Fsp3) is 0.444. The van der Waals surface area contributed by atoms with E-state index in [1.165, 1.54) is 12.4 Å². The first-order chi connectivity index (χ1) is 6.68. The number of carboxylic acids is 1. The largest absolute Gasteiger partial charge is 0.476 e. The van der Waals surface area contributed by atoms with E-state index < -0.39 is 5.97 Å². The maximum absolute atomic E-state index is 10.8. The lowest BCUT2D eigenvalue weighted by atomic mass is 10.4. The van der Waals surface area contributed by atoms with Gasteiger partial charge in [0.05, 0.1) is 0 Å². The minimum atomic E-state index is -1.05. The van der Waals surface area contributed by atoms with Gasteiger partial charge in [-0.05, 0) is 12.3 Å². The van der Waals surface area contributed by atoms with Crippen LogP contribution in [0.2, 0.25) is 0 Å². The number of aromatic carboxylic acids is 1. The van der Waals surface area contributed by atoms with Gasteiger partial charge >= 0.3 is 5.97 Å². The average molecular weight is 193 g/mol. The van der Waals surface area contributed by atoms with E-state index in [4.69, 9.17) is 5.11 Å². The van der Waals surface area contributed by atoms with Gasteiger partial charge in [-0.25, -0.2) is 14.8 Å². The highest BCUT2D eigenvalue weighted by Gasteiger charge is 2.33. The molecule has 0 spiro atoms. The molecule has 14 heavy (non-hydrogen) atoms. The number of hydrogen-bond acceptors (Lipinski definition) is 4. The van der Waals surface area contributed by atoms with Crippen LogP contribution in [0.15, 0.2) is 12.4 Å². The van der Waals surface area contributed by atoms with Crippen molar-refractivity contribution >= 4 is 11.8 Å². The molecule has 74 valence electrons. The third kappa shape index (κ3) is 1.66. The van der Waals surface area contributed by atoms with Gasteiger partial charge in [0.2, 0.25) is 0 Å². The minimum Gasteiger partial charge on any atom is -0.476 e. The monoisotopic (exact) mass is 193 g/mol. The second kappa shape index (κ2) is 3.25. The average Bonchev–Trinajstić information content (AvgIpc) is 2.82. The highest BCUT2D eigenvalue weighted by Crippen LogP contribution is 2.32. The Morgan fingerprint density at radius 1 is 1.57 bits per heavy atom. The molecule has 1 aromatic heterocycles. The van der Waals surface area contributed by atoms with E-state index in [-0.39, 0.29) is 5.69 Å². The Labute approximate surface area is 81.2 Å². The molecule has 0 bridgehead atoms. The molecule has 1 aliphatic rings. The van der Waals surface area contributed by atoms with Gasteiger partial charge in [-0.3, -0.25) is 0 Å². The molecule has 0 aliphatic heterocycles. The molecule has 0 radical (unpaired) electrons. The fourth-order valence-corrected chi connectivity index (χ4v) is 1.30. The lowest BCUT2D eigenvalue weighted by Crippen LogP contribution is -2.12. The number of nitrogens with one attached hydrogen (secondary N) is 1. The molecule has 2 rings (SSSR count). The molecule has 2 atom stereocenters. The van der Waals surface area contributed by atoms with Crippen molar-refractivity contribution in [3.8, 4) is 0 Å². The smallest absolute Gasteiger partial charge is 0.358 e. The van der Waals surface area contributed by atoms with Crippen molar-refractivity contribution in [3.05, 3.63) is 18.1 Å². The topological polar surface area (TPSA) is 75.1 Å². The number of carbonyl (C=O) groups is 1. The summed E-state index contributed by atoms with van der Waals surface area (Å²) in [5.74, 6) is -0.0816. The van der Waals surface area contributed by atoms with Crippen LogP contribution in [0.1, 0.15) is 23.8 Å². The Morgan fingerprint density at radius 2 is 2.21 bits per heavy atom. The standard InChI is InChI=1S/C9H11N3O2/c1-5-4-6(5)12-8-7(9(13)14)10-2-3-11-8/h2-3,5-6H,4H2,1H3,(H,11,12)(H,13,14). The van der Waals surface area contributed by atoms with Crippen LogP contribution >= 0.6 is 0 Å².